The van der Waals surface area contributed by atoms with Crippen LogP contribution in [0.4, 0.5) is 14.5 Å². The average molecular weight is 346 g/mol. The monoisotopic (exact) mass is 346 g/mol. The Hall–Kier alpha value is -2.76. The first-order valence-electron chi connectivity index (χ1n) is 7.80. The molecule has 2 rings (SSSR count). The number of hydrogen-bond donors (Lipinski definition) is 2. The maximum atomic E-state index is 13.5. The van der Waals surface area contributed by atoms with Gasteiger partial charge in [0.1, 0.15) is 11.6 Å². The van der Waals surface area contributed by atoms with Crippen molar-refractivity contribution in [2.24, 2.45) is 0 Å². The maximum Gasteiger partial charge on any atom is 0.313 e. The van der Waals surface area contributed by atoms with E-state index in [9.17, 15) is 18.4 Å². The van der Waals surface area contributed by atoms with Crippen molar-refractivity contribution in [3.05, 3.63) is 65.2 Å². The molecule has 0 spiro atoms. The molecule has 0 aliphatic rings. The van der Waals surface area contributed by atoms with Crippen molar-refractivity contribution in [2.75, 3.05) is 11.9 Å². The van der Waals surface area contributed by atoms with Gasteiger partial charge in [-0.25, -0.2) is 8.78 Å². The van der Waals surface area contributed by atoms with E-state index >= 15 is 0 Å². The molecule has 0 aromatic heterocycles. The smallest absolute Gasteiger partial charge is 0.313 e. The molecule has 0 atom stereocenters. The van der Waals surface area contributed by atoms with Gasteiger partial charge in [-0.3, -0.25) is 9.59 Å². The SMILES string of the molecule is Cc1ccc(NC(=O)C(=O)NCC(C)(C)c2ccc(F)cc2)cc1F. The van der Waals surface area contributed by atoms with Crippen LogP contribution < -0.4 is 10.6 Å². The number of aryl methyl sites for hydroxylation is 1. The Bertz CT molecular complexity index is 787. The van der Waals surface area contributed by atoms with Crippen LogP contribution in [-0.4, -0.2) is 18.4 Å². The molecule has 0 heterocycles. The minimum atomic E-state index is -0.877. The van der Waals surface area contributed by atoms with Gasteiger partial charge in [0.2, 0.25) is 0 Å². The lowest BCUT2D eigenvalue weighted by atomic mass is 9.84. The predicted molar refractivity (Wildman–Crippen MR) is 92.2 cm³/mol. The molecule has 0 unspecified atom stereocenters. The number of halogens is 2. The lowest BCUT2D eigenvalue weighted by Gasteiger charge is -2.25. The Labute approximate surface area is 145 Å². The van der Waals surface area contributed by atoms with E-state index < -0.39 is 23.0 Å². The summed E-state index contributed by atoms with van der Waals surface area (Å²) in [6, 6.07) is 10.2. The van der Waals surface area contributed by atoms with Gasteiger partial charge in [-0.2, -0.15) is 0 Å². The van der Waals surface area contributed by atoms with E-state index in [0.29, 0.717) is 5.56 Å². The van der Waals surface area contributed by atoms with Crippen LogP contribution in [0, 0.1) is 18.6 Å². The Balaban J connectivity index is 1.95. The first kappa shape index (κ1) is 18.6. The summed E-state index contributed by atoms with van der Waals surface area (Å²) in [5.41, 5.74) is 0.999. The van der Waals surface area contributed by atoms with E-state index in [2.05, 4.69) is 10.6 Å². The van der Waals surface area contributed by atoms with Gasteiger partial charge in [-0.15, -0.1) is 0 Å². The van der Waals surface area contributed by atoms with Crippen molar-refractivity contribution in [3.8, 4) is 0 Å². The van der Waals surface area contributed by atoms with Crippen LogP contribution in [0.3, 0.4) is 0 Å². The van der Waals surface area contributed by atoms with Crippen molar-refractivity contribution in [2.45, 2.75) is 26.2 Å². The summed E-state index contributed by atoms with van der Waals surface area (Å²) in [5.74, 6) is -2.50. The zero-order valence-corrected chi connectivity index (χ0v) is 14.3. The molecule has 25 heavy (non-hydrogen) atoms. The minimum Gasteiger partial charge on any atom is -0.347 e. The lowest BCUT2D eigenvalue weighted by Crippen LogP contribution is -2.42. The summed E-state index contributed by atoms with van der Waals surface area (Å²) in [4.78, 5) is 23.9. The molecule has 4 nitrogen and oxygen atoms in total. The maximum absolute atomic E-state index is 13.5. The first-order valence-corrected chi connectivity index (χ1v) is 7.80. The van der Waals surface area contributed by atoms with Crippen LogP contribution in [-0.2, 0) is 15.0 Å². The molecule has 2 aromatic rings. The molecule has 0 aliphatic heterocycles. The van der Waals surface area contributed by atoms with E-state index in [1.165, 1.54) is 24.3 Å². The molecule has 132 valence electrons. The van der Waals surface area contributed by atoms with E-state index in [4.69, 9.17) is 0 Å². The number of carbonyl (C=O) groups excluding carboxylic acids is 2. The highest BCUT2D eigenvalue weighted by atomic mass is 19.1. The number of anilines is 1. The topological polar surface area (TPSA) is 58.2 Å². The van der Waals surface area contributed by atoms with E-state index in [-0.39, 0.29) is 18.0 Å². The molecule has 0 radical (unpaired) electrons. The highest BCUT2D eigenvalue weighted by molar-refractivity contribution is 6.39. The Morgan fingerprint density at radius 3 is 2.24 bits per heavy atom. The average Bonchev–Trinajstić information content (AvgIpc) is 2.56. The summed E-state index contributed by atoms with van der Waals surface area (Å²) in [7, 11) is 0. The second-order valence-corrected chi connectivity index (χ2v) is 6.49. The normalized spacial score (nSPS) is 11.1. The van der Waals surface area contributed by atoms with Crippen molar-refractivity contribution in [1.29, 1.82) is 0 Å². The molecule has 2 amide bonds. The Kier molecular flexibility index (Phi) is 5.51. The molecule has 0 saturated heterocycles. The number of nitrogens with one attached hydrogen (secondary N) is 2. The van der Waals surface area contributed by atoms with Crippen LogP contribution in [0.5, 0.6) is 0 Å². The van der Waals surface area contributed by atoms with Gasteiger partial charge in [0.25, 0.3) is 0 Å². The van der Waals surface area contributed by atoms with Crippen molar-refractivity contribution >= 4 is 17.5 Å². The highest BCUT2D eigenvalue weighted by Crippen LogP contribution is 2.22. The van der Waals surface area contributed by atoms with Crippen molar-refractivity contribution in [3.63, 3.8) is 0 Å². The van der Waals surface area contributed by atoms with Gasteiger partial charge < -0.3 is 10.6 Å². The van der Waals surface area contributed by atoms with Crippen LogP contribution in [0.1, 0.15) is 25.0 Å². The summed E-state index contributed by atoms with van der Waals surface area (Å²) in [6.07, 6.45) is 0. The van der Waals surface area contributed by atoms with Gasteiger partial charge >= 0.3 is 11.8 Å². The van der Waals surface area contributed by atoms with Crippen LogP contribution in [0.15, 0.2) is 42.5 Å². The molecule has 0 fully saturated rings. The third-order valence-corrected chi connectivity index (χ3v) is 3.95. The third kappa shape index (κ3) is 4.86. The fourth-order valence-electron chi connectivity index (χ4n) is 2.24. The van der Waals surface area contributed by atoms with Gasteiger partial charge in [0.05, 0.1) is 0 Å². The number of benzene rings is 2. The quantitative estimate of drug-likeness (QED) is 0.835. The van der Waals surface area contributed by atoms with Crippen molar-refractivity contribution in [1.82, 2.24) is 5.32 Å². The predicted octanol–water partition coefficient (Wildman–Crippen LogP) is 3.31. The molecular weight excluding hydrogens is 326 g/mol. The van der Waals surface area contributed by atoms with E-state index in [1.54, 1.807) is 19.1 Å². The zero-order chi connectivity index (χ0) is 18.6. The summed E-state index contributed by atoms with van der Waals surface area (Å²) >= 11 is 0. The molecule has 2 N–H and O–H groups in total. The summed E-state index contributed by atoms with van der Waals surface area (Å²) in [6.45, 7) is 5.53. The lowest BCUT2D eigenvalue weighted by molar-refractivity contribution is -0.136. The fourth-order valence-corrected chi connectivity index (χ4v) is 2.24. The molecule has 0 saturated carbocycles. The minimum absolute atomic E-state index is 0.188. The molecule has 6 heteroatoms. The zero-order valence-electron chi connectivity index (χ0n) is 14.3. The molecule has 0 aliphatic carbocycles. The van der Waals surface area contributed by atoms with Gasteiger partial charge in [-0.05, 0) is 42.3 Å². The number of amides is 2. The second kappa shape index (κ2) is 7.42. The number of hydrogen-bond acceptors (Lipinski definition) is 2. The Morgan fingerprint density at radius 1 is 1.00 bits per heavy atom. The van der Waals surface area contributed by atoms with E-state index in [0.717, 1.165) is 11.6 Å². The number of rotatable bonds is 4. The highest BCUT2D eigenvalue weighted by Gasteiger charge is 2.23. The molecule has 0 bridgehead atoms. The second-order valence-electron chi connectivity index (χ2n) is 6.49. The van der Waals surface area contributed by atoms with Crippen molar-refractivity contribution < 1.29 is 18.4 Å². The number of carbonyl (C=O) groups is 2. The molecular formula is C19H20F2N2O2. The first-order chi connectivity index (χ1) is 11.7. The van der Waals surface area contributed by atoms with Crippen LogP contribution in [0.2, 0.25) is 0 Å². The van der Waals surface area contributed by atoms with Gasteiger partial charge in [0, 0.05) is 17.6 Å². The molecule has 2 aromatic carbocycles. The standard InChI is InChI=1S/C19H20F2N2O2/c1-12-4-9-15(10-16(12)21)23-18(25)17(24)22-11-19(2,3)13-5-7-14(20)8-6-13/h4-10H,11H2,1-3H3,(H,22,24)(H,23,25). The van der Waals surface area contributed by atoms with E-state index in [1.807, 2.05) is 13.8 Å². The summed E-state index contributed by atoms with van der Waals surface area (Å²) in [5, 5.41) is 4.90. The van der Waals surface area contributed by atoms with Gasteiger partial charge in [0.15, 0.2) is 0 Å². The third-order valence-electron chi connectivity index (χ3n) is 3.95. The fraction of sp³-hybridized carbons (Fsp3) is 0.263. The summed E-state index contributed by atoms with van der Waals surface area (Å²) < 4.78 is 26.5. The Morgan fingerprint density at radius 2 is 1.64 bits per heavy atom. The van der Waals surface area contributed by atoms with Crippen LogP contribution >= 0.6 is 0 Å². The largest absolute Gasteiger partial charge is 0.347 e. The van der Waals surface area contributed by atoms with Gasteiger partial charge in [-0.1, -0.05) is 32.0 Å². The van der Waals surface area contributed by atoms with Crippen LogP contribution in [0.25, 0.3) is 0 Å².